The number of carbonyl (C=O) groups is 1. The van der Waals surface area contributed by atoms with Gasteiger partial charge in [0, 0.05) is 30.7 Å². The Hall–Kier alpha value is -1.91. The van der Waals surface area contributed by atoms with E-state index in [4.69, 9.17) is 9.72 Å². The van der Waals surface area contributed by atoms with Crippen molar-refractivity contribution in [2.75, 3.05) is 44.3 Å². The summed E-state index contributed by atoms with van der Waals surface area (Å²) in [6.45, 7) is 4.99. The van der Waals surface area contributed by atoms with E-state index >= 15 is 0 Å². The Kier molecular flexibility index (Phi) is 6.29. The molecule has 1 aliphatic rings. The van der Waals surface area contributed by atoms with E-state index in [2.05, 4.69) is 25.8 Å². The van der Waals surface area contributed by atoms with Crippen molar-refractivity contribution in [1.29, 1.82) is 0 Å². The van der Waals surface area contributed by atoms with Gasteiger partial charge in [0.15, 0.2) is 10.1 Å². The number of rotatable bonds is 6. The van der Waals surface area contributed by atoms with Crippen LogP contribution in [0, 0.1) is 0 Å². The van der Waals surface area contributed by atoms with Crippen LogP contribution in [0.5, 0.6) is 0 Å². The van der Waals surface area contributed by atoms with Crippen molar-refractivity contribution in [2.45, 2.75) is 6.42 Å². The first-order valence-electron chi connectivity index (χ1n) is 10.2. The van der Waals surface area contributed by atoms with Gasteiger partial charge in [-0.1, -0.05) is 39.4 Å². The van der Waals surface area contributed by atoms with E-state index in [0.717, 1.165) is 69.3 Å². The van der Waals surface area contributed by atoms with Crippen molar-refractivity contribution in [3.63, 3.8) is 0 Å². The van der Waals surface area contributed by atoms with Crippen LogP contribution in [0.1, 0.15) is 16.2 Å². The van der Waals surface area contributed by atoms with Crippen LogP contribution < -0.4 is 4.90 Å². The molecule has 0 saturated carbocycles. The zero-order valence-corrected chi connectivity index (χ0v) is 20.0. The Labute approximate surface area is 196 Å². The lowest BCUT2D eigenvalue weighted by Gasteiger charge is -2.27. The zero-order chi connectivity index (χ0) is 21.2. The van der Waals surface area contributed by atoms with E-state index < -0.39 is 0 Å². The Morgan fingerprint density at radius 3 is 2.71 bits per heavy atom. The zero-order valence-electron chi connectivity index (χ0n) is 16.8. The summed E-state index contributed by atoms with van der Waals surface area (Å²) in [5, 5.41) is 1.23. The number of aromatic nitrogens is 2. The van der Waals surface area contributed by atoms with Crippen molar-refractivity contribution in [3.05, 3.63) is 51.9 Å². The van der Waals surface area contributed by atoms with Gasteiger partial charge in [0.05, 0.1) is 33.6 Å². The predicted molar refractivity (Wildman–Crippen MR) is 130 cm³/mol. The molecule has 6 nitrogen and oxygen atoms in total. The maximum Gasteiger partial charge on any atom is 0.289 e. The first-order chi connectivity index (χ1) is 15.2. The fourth-order valence-electron chi connectivity index (χ4n) is 3.64. The first-order valence-corrected chi connectivity index (χ1v) is 12.6. The lowest BCUT2D eigenvalue weighted by Crippen LogP contribution is -2.39. The summed E-state index contributed by atoms with van der Waals surface area (Å²) in [6.07, 6.45) is 0.871. The van der Waals surface area contributed by atoms with Crippen LogP contribution in [-0.2, 0) is 4.74 Å². The largest absolute Gasteiger partial charge is 0.379 e. The van der Waals surface area contributed by atoms with E-state index in [1.54, 1.807) is 16.2 Å². The molecule has 5 rings (SSSR count). The van der Waals surface area contributed by atoms with Crippen molar-refractivity contribution >= 4 is 70.1 Å². The Bertz CT molecular complexity index is 1190. The van der Waals surface area contributed by atoms with E-state index in [1.165, 1.54) is 11.3 Å². The fourth-order valence-corrected chi connectivity index (χ4v) is 6.10. The third-order valence-electron chi connectivity index (χ3n) is 5.25. The van der Waals surface area contributed by atoms with Gasteiger partial charge in [0.25, 0.3) is 5.91 Å². The number of amides is 1. The summed E-state index contributed by atoms with van der Waals surface area (Å²) in [4.78, 5) is 27.1. The lowest BCUT2D eigenvalue weighted by atomic mass is 10.3. The Morgan fingerprint density at radius 2 is 1.87 bits per heavy atom. The molecule has 2 aromatic carbocycles. The lowest BCUT2D eigenvalue weighted by molar-refractivity contribution is 0.0376. The molecule has 1 aliphatic heterocycles. The molecule has 0 bridgehead atoms. The van der Waals surface area contributed by atoms with Crippen LogP contribution in [0.2, 0.25) is 0 Å². The molecular weight excluding hydrogens is 496 g/mol. The second-order valence-electron chi connectivity index (χ2n) is 7.36. The van der Waals surface area contributed by atoms with Crippen LogP contribution >= 0.6 is 38.6 Å². The van der Waals surface area contributed by atoms with Gasteiger partial charge in [-0.3, -0.25) is 14.6 Å². The minimum atomic E-state index is -0.0821. The SMILES string of the molecule is O=C(c1nc2ccccc2s1)N(CCCN1CCOCC1)c1nc2ccc(Br)cc2s1. The second-order valence-corrected chi connectivity index (χ2v) is 10.3. The van der Waals surface area contributed by atoms with Crippen molar-refractivity contribution < 1.29 is 9.53 Å². The fraction of sp³-hybridized carbons (Fsp3) is 0.318. The van der Waals surface area contributed by atoms with Gasteiger partial charge in [-0.25, -0.2) is 9.97 Å². The van der Waals surface area contributed by atoms with E-state index in [9.17, 15) is 4.79 Å². The average molecular weight is 517 g/mol. The highest BCUT2D eigenvalue weighted by molar-refractivity contribution is 9.10. The highest BCUT2D eigenvalue weighted by atomic mass is 79.9. The summed E-state index contributed by atoms with van der Waals surface area (Å²) in [5.74, 6) is -0.0821. The number of nitrogens with zero attached hydrogens (tertiary/aromatic N) is 4. The summed E-state index contributed by atoms with van der Waals surface area (Å²) in [5.41, 5.74) is 1.76. The van der Waals surface area contributed by atoms with Gasteiger partial charge in [-0.15, -0.1) is 11.3 Å². The number of ether oxygens (including phenoxy) is 1. The number of carbonyl (C=O) groups excluding carboxylic acids is 1. The quantitative estimate of drug-likeness (QED) is 0.359. The number of benzene rings is 2. The van der Waals surface area contributed by atoms with Crippen LogP contribution in [0.4, 0.5) is 5.13 Å². The first kappa shape index (κ1) is 21.0. The number of anilines is 1. The molecule has 0 atom stereocenters. The van der Waals surface area contributed by atoms with E-state index in [1.807, 2.05) is 42.5 Å². The molecule has 1 fully saturated rings. The molecule has 1 saturated heterocycles. The molecule has 1 amide bonds. The maximum absolute atomic E-state index is 13.5. The minimum Gasteiger partial charge on any atom is -0.379 e. The van der Waals surface area contributed by atoms with Gasteiger partial charge in [-0.2, -0.15) is 0 Å². The molecule has 3 heterocycles. The topological polar surface area (TPSA) is 58.6 Å². The van der Waals surface area contributed by atoms with Crippen LogP contribution in [0.15, 0.2) is 46.9 Å². The number of hydrogen-bond donors (Lipinski definition) is 0. The van der Waals surface area contributed by atoms with Crippen LogP contribution in [0.25, 0.3) is 20.4 Å². The highest BCUT2D eigenvalue weighted by Gasteiger charge is 2.24. The van der Waals surface area contributed by atoms with Gasteiger partial charge >= 0.3 is 0 Å². The number of thiazole rings is 2. The molecule has 4 aromatic rings. The number of halogens is 1. The molecule has 2 aromatic heterocycles. The minimum absolute atomic E-state index is 0.0821. The van der Waals surface area contributed by atoms with Gasteiger partial charge < -0.3 is 4.74 Å². The molecule has 0 spiro atoms. The summed E-state index contributed by atoms with van der Waals surface area (Å²) in [6, 6.07) is 13.9. The Balaban J connectivity index is 1.42. The number of morpholine rings is 1. The van der Waals surface area contributed by atoms with E-state index in [-0.39, 0.29) is 5.91 Å². The number of para-hydroxylation sites is 1. The molecule has 0 aliphatic carbocycles. The Morgan fingerprint density at radius 1 is 1.06 bits per heavy atom. The maximum atomic E-state index is 13.5. The second kappa shape index (κ2) is 9.30. The highest BCUT2D eigenvalue weighted by Crippen LogP contribution is 2.32. The van der Waals surface area contributed by atoms with Gasteiger partial charge in [0.2, 0.25) is 0 Å². The van der Waals surface area contributed by atoms with Crippen molar-refractivity contribution in [2.24, 2.45) is 0 Å². The normalized spacial score (nSPS) is 15.0. The van der Waals surface area contributed by atoms with Gasteiger partial charge in [0.1, 0.15) is 0 Å². The smallest absolute Gasteiger partial charge is 0.289 e. The predicted octanol–water partition coefficient (Wildman–Crippen LogP) is 5.04. The third-order valence-corrected chi connectivity index (χ3v) is 7.81. The average Bonchev–Trinajstić information content (AvgIpc) is 3.40. The number of fused-ring (bicyclic) bond motifs is 2. The monoisotopic (exact) mass is 516 g/mol. The van der Waals surface area contributed by atoms with Gasteiger partial charge in [-0.05, 0) is 36.8 Å². The van der Waals surface area contributed by atoms with Crippen LogP contribution in [-0.4, -0.2) is 60.2 Å². The summed E-state index contributed by atoms with van der Waals surface area (Å²) in [7, 11) is 0. The summed E-state index contributed by atoms with van der Waals surface area (Å²) < 4.78 is 8.52. The molecule has 0 unspecified atom stereocenters. The molecule has 9 heteroatoms. The van der Waals surface area contributed by atoms with Crippen molar-refractivity contribution in [3.8, 4) is 0 Å². The molecule has 0 radical (unpaired) electrons. The molecule has 160 valence electrons. The summed E-state index contributed by atoms with van der Waals surface area (Å²) >= 11 is 6.51. The standard InChI is InChI=1S/C22H21BrN4O2S2/c23-15-6-7-17-19(14-15)31-22(25-17)27(9-3-8-26-10-12-29-13-11-26)21(28)20-24-16-4-1-2-5-18(16)30-20/h1-2,4-7,14H,3,8-13H2. The number of hydrogen-bond acceptors (Lipinski definition) is 7. The molecule has 31 heavy (non-hydrogen) atoms. The van der Waals surface area contributed by atoms with E-state index in [0.29, 0.717) is 11.6 Å². The third kappa shape index (κ3) is 4.65. The molecular formula is C22H21BrN4O2S2. The van der Waals surface area contributed by atoms with Crippen molar-refractivity contribution in [1.82, 2.24) is 14.9 Å². The van der Waals surface area contributed by atoms with Crippen LogP contribution in [0.3, 0.4) is 0 Å². The molecule has 0 N–H and O–H groups in total.